The Morgan fingerprint density at radius 2 is 1.88 bits per heavy atom. The lowest BCUT2D eigenvalue weighted by Gasteiger charge is -2.01. The van der Waals surface area contributed by atoms with Gasteiger partial charge in [-0.2, -0.15) is 0 Å². The van der Waals surface area contributed by atoms with Gasteiger partial charge in [-0.05, 0) is 11.6 Å². The standard InChI is InChI=1S/C13H15NO2/c14-7-12-6-13(16-9-12)10-15-8-11-4-2-1-3-5-11/h1-6,9H,7-8,10,14H2. The first-order valence-corrected chi connectivity index (χ1v) is 5.26. The third-order valence-electron chi connectivity index (χ3n) is 2.30. The van der Waals surface area contributed by atoms with Crippen LogP contribution in [0, 0.1) is 0 Å². The van der Waals surface area contributed by atoms with Gasteiger partial charge in [0.2, 0.25) is 0 Å². The van der Waals surface area contributed by atoms with Gasteiger partial charge in [-0.1, -0.05) is 30.3 Å². The van der Waals surface area contributed by atoms with Gasteiger partial charge in [-0.3, -0.25) is 0 Å². The lowest BCUT2D eigenvalue weighted by atomic mass is 10.2. The second-order valence-corrected chi connectivity index (χ2v) is 3.60. The molecule has 0 bridgehead atoms. The highest BCUT2D eigenvalue weighted by Crippen LogP contribution is 2.09. The third kappa shape index (κ3) is 2.95. The smallest absolute Gasteiger partial charge is 0.129 e. The lowest BCUT2D eigenvalue weighted by molar-refractivity contribution is 0.0929. The van der Waals surface area contributed by atoms with Gasteiger partial charge in [0.15, 0.2) is 0 Å². The van der Waals surface area contributed by atoms with Gasteiger partial charge in [0, 0.05) is 12.1 Å². The first-order valence-electron chi connectivity index (χ1n) is 5.26. The zero-order chi connectivity index (χ0) is 11.2. The molecular weight excluding hydrogens is 202 g/mol. The van der Waals surface area contributed by atoms with Crippen molar-refractivity contribution in [2.75, 3.05) is 0 Å². The summed E-state index contributed by atoms with van der Waals surface area (Å²) in [5, 5.41) is 0. The van der Waals surface area contributed by atoms with Crippen LogP contribution >= 0.6 is 0 Å². The van der Waals surface area contributed by atoms with Crippen molar-refractivity contribution in [2.45, 2.75) is 19.8 Å². The zero-order valence-electron chi connectivity index (χ0n) is 9.06. The fourth-order valence-corrected chi connectivity index (χ4v) is 1.45. The van der Waals surface area contributed by atoms with Gasteiger partial charge in [0.25, 0.3) is 0 Å². The Bertz CT molecular complexity index is 423. The quantitative estimate of drug-likeness (QED) is 0.836. The largest absolute Gasteiger partial charge is 0.467 e. The molecule has 0 spiro atoms. The number of hydrogen-bond donors (Lipinski definition) is 1. The second-order valence-electron chi connectivity index (χ2n) is 3.60. The van der Waals surface area contributed by atoms with Crippen molar-refractivity contribution < 1.29 is 9.15 Å². The molecule has 3 nitrogen and oxygen atoms in total. The van der Waals surface area contributed by atoms with Crippen LogP contribution in [0.4, 0.5) is 0 Å². The molecule has 0 aliphatic heterocycles. The molecule has 0 aliphatic rings. The third-order valence-corrected chi connectivity index (χ3v) is 2.30. The van der Waals surface area contributed by atoms with Crippen LogP contribution in [0.5, 0.6) is 0 Å². The van der Waals surface area contributed by atoms with Crippen molar-refractivity contribution >= 4 is 0 Å². The van der Waals surface area contributed by atoms with Crippen LogP contribution in [0.2, 0.25) is 0 Å². The average Bonchev–Trinajstić information content (AvgIpc) is 2.78. The molecule has 0 atom stereocenters. The van der Waals surface area contributed by atoms with Crippen molar-refractivity contribution in [2.24, 2.45) is 5.73 Å². The maximum absolute atomic E-state index is 5.53. The summed E-state index contributed by atoms with van der Waals surface area (Å²) in [6, 6.07) is 12.0. The van der Waals surface area contributed by atoms with E-state index in [1.54, 1.807) is 6.26 Å². The number of ether oxygens (including phenoxy) is 1. The molecule has 2 aromatic rings. The molecule has 0 unspecified atom stereocenters. The minimum atomic E-state index is 0.481. The van der Waals surface area contributed by atoms with Gasteiger partial charge in [-0.15, -0.1) is 0 Å². The summed E-state index contributed by atoms with van der Waals surface area (Å²) in [5.74, 6) is 0.816. The van der Waals surface area contributed by atoms with Crippen molar-refractivity contribution in [3.8, 4) is 0 Å². The molecular formula is C13H15NO2. The molecule has 2 N–H and O–H groups in total. The van der Waals surface area contributed by atoms with E-state index in [0.717, 1.165) is 16.9 Å². The fourth-order valence-electron chi connectivity index (χ4n) is 1.45. The van der Waals surface area contributed by atoms with Crippen molar-refractivity contribution in [3.05, 3.63) is 59.5 Å². The first-order chi connectivity index (χ1) is 7.88. The predicted molar refractivity (Wildman–Crippen MR) is 61.5 cm³/mol. The van der Waals surface area contributed by atoms with Crippen LogP contribution in [0.1, 0.15) is 16.9 Å². The first kappa shape index (κ1) is 10.9. The van der Waals surface area contributed by atoms with E-state index in [0.29, 0.717) is 19.8 Å². The van der Waals surface area contributed by atoms with Crippen LogP contribution in [0.3, 0.4) is 0 Å². The highest BCUT2D eigenvalue weighted by molar-refractivity contribution is 5.14. The van der Waals surface area contributed by atoms with Crippen molar-refractivity contribution in [1.29, 1.82) is 0 Å². The van der Waals surface area contributed by atoms with Gasteiger partial charge in [0.05, 0.1) is 12.9 Å². The number of hydrogen-bond acceptors (Lipinski definition) is 3. The molecule has 0 fully saturated rings. The highest BCUT2D eigenvalue weighted by Gasteiger charge is 2.00. The highest BCUT2D eigenvalue weighted by atomic mass is 16.5. The minimum Gasteiger partial charge on any atom is -0.467 e. The van der Waals surface area contributed by atoms with Gasteiger partial charge < -0.3 is 14.9 Å². The summed E-state index contributed by atoms with van der Waals surface area (Å²) in [6.45, 7) is 1.58. The summed E-state index contributed by atoms with van der Waals surface area (Å²) in [7, 11) is 0. The molecule has 0 radical (unpaired) electrons. The molecule has 1 heterocycles. The maximum atomic E-state index is 5.53. The van der Waals surface area contributed by atoms with E-state index in [-0.39, 0.29) is 0 Å². The van der Waals surface area contributed by atoms with E-state index < -0.39 is 0 Å². The Balaban J connectivity index is 1.80. The molecule has 1 aromatic carbocycles. The van der Waals surface area contributed by atoms with Gasteiger partial charge in [0.1, 0.15) is 12.4 Å². The van der Waals surface area contributed by atoms with E-state index in [2.05, 4.69) is 0 Å². The monoisotopic (exact) mass is 217 g/mol. The Hall–Kier alpha value is -1.58. The number of rotatable bonds is 5. The molecule has 1 aromatic heterocycles. The molecule has 16 heavy (non-hydrogen) atoms. The molecule has 3 heteroatoms. The number of furan rings is 1. The Morgan fingerprint density at radius 1 is 1.06 bits per heavy atom. The molecule has 84 valence electrons. The molecule has 0 saturated carbocycles. The summed E-state index contributed by atoms with van der Waals surface area (Å²) in [4.78, 5) is 0. The van der Waals surface area contributed by atoms with E-state index in [4.69, 9.17) is 14.9 Å². The molecule has 2 rings (SSSR count). The van der Waals surface area contributed by atoms with E-state index in [1.165, 1.54) is 0 Å². The summed E-state index contributed by atoms with van der Waals surface area (Å²) in [5.41, 5.74) is 7.64. The summed E-state index contributed by atoms with van der Waals surface area (Å²) >= 11 is 0. The topological polar surface area (TPSA) is 48.4 Å². The Kier molecular flexibility index (Phi) is 3.75. The molecule has 0 aliphatic carbocycles. The van der Waals surface area contributed by atoms with E-state index >= 15 is 0 Å². The average molecular weight is 217 g/mol. The van der Waals surface area contributed by atoms with Crippen molar-refractivity contribution in [1.82, 2.24) is 0 Å². The number of nitrogens with two attached hydrogens (primary N) is 1. The van der Waals surface area contributed by atoms with Crippen LogP contribution in [0.15, 0.2) is 47.1 Å². The van der Waals surface area contributed by atoms with Gasteiger partial charge in [-0.25, -0.2) is 0 Å². The fraction of sp³-hybridized carbons (Fsp3) is 0.231. The second kappa shape index (κ2) is 5.49. The van der Waals surface area contributed by atoms with Crippen LogP contribution in [-0.2, 0) is 24.5 Å². The van der Waals surface area contributed by atoms with Crippen LogP contribution < -0.4 is 5.73 Å². The summed E-state index contributed by atoms with van der Waals surface area (Å²) in [6.07, 6.45) is 1.67. The zero-order valence-corrected chi connectivity index (χ0v) is 9.06. The van der Waals surface area contributed by atoms with Crippen molar-refractivity contribution in [3.63, 3.8) is 0 Å². The summed E-state index contributed by atoms with van der Waals surface area (Å²) < 4.78 is 10.8. The molecule has 0 saturated heterocycles. The maximum Gasteiger partial charge on any atom is 0.129 e. The van der Waals surface area contributed by atoms with Gasteiger partial charge >= 0.3 is 0 Å². The minimum absolute atomic E-state index is 0.481. The molecule has 0 amide bonds. The SMILES string of the molecule is NCc1coc(COCc2ccccc2)c1. The lowest BCUT2D eigenvalue weighted by Crippen LogP contribution is -1.94. The normalized spacial score (nSPS) is 10.6. The van der Waals surface area contributed by atoms with Crippen LogP contribution in [0.25, 0.3) is 0 Å². The van der Waals surface area contributed by atoms with E-state index in [1.807, 2.05) is 36.4 Å². The predicted octanol–water partition coefficient (Wildman–Crippen LogP) is 2.46. The number of benzene rings is 1. The van der Waals surface area contributed by atoms with Crippen LogP contribution in [-0.4, -0.2) is 0 Å². The Morgan fingerprint density at radius 3 is 2.56 bits per heavy atom. The Labute approximate surface area is 94.8 Å². The van der Waals surface area contributed by atoms with E-state index in [9.17, 15) is 0 Å².